The van der Waals surface area contributed by atoms with Gasteiger partial charge in [-0.2, -0.15) is 0 Å². The highest BCUT2D eigenvalue weighted by Crippen LogP contribution is 2.31. The van der Waals surface area contributed by atoms with E-state index < -0.39 is 0 Å². The molecule has 3 heterocycles. The number of rotatable bonds is 6. The largest absolute Gasteiger partial charge is 0.497 e. The van der Waals surface area contributed by atoms with Crippen LogP contribution in [0, 0.1) is 0 Å². The maximum atomic E-state index is 13.1. The Kier molecular flexibility index (Phi) is 6.89. The summed E-state index contributed by atoms with van der Waals surface area (Å²) in [5.41, 5.74) is 1.08. The fourth-order valence-corrected chi connectivity index (χ4v) is 4.49. The van der Waals surface area contributed by atoms with Crippen molar-refractivity contribution in [1.29, 1.82) is 0 Å². The second-order valence-corrected chi connectivity index (χ2v) is 8.42. The predicted molar refractivity (Wildman–Crippen MR) is 116 cm³/mol. The summed E-state index contributed by atoms with van der Waals surface area (Å²) in [6.07, 6.45) is 8.69. The van der Waals surface area contributed by atoms with Crippen molar-refractivity contribution in [3.05, 3.63) is 47.7 Å². The molecular weight excluding hydrogens is 394 g/mol. The van der Waals surface area contributed by atoms with E-state index in [4.69, 9.17) is 9.15 Å². The van der Waals surface area contributed by atoms with Gasteiger partial charge in [-0.1, -0.05) is 18.6 Å². The molecular formula is C24H31N3O4. The van der Waals surface area contributed by atoms with Crippen molar-refractivity contribution in [2.24, 2.45) is 0 Å². The zero-order chi connectivity index (χ0) is 21.6. The SMILES string of the molecule is COc1cccc(Cc2cnc(C3CCCCN3C(=O)CN3CCCCCC3=O)o2)c1. The van der Waals surface area contributed by atoms with Crippen LogP contribution >= 0.6 is 0 Å². The smallest absolute Gasteiger partial charge is 0.242 e. The van der Waals surface area contributed by atoms with Crippen LogP contribution in [-0.4, -0.2) is 53.3 Å². The highest BCUT2D eigenvalue weighted by molar-refractivity contribution is 5.85. The van der Waals surface area contributed by atoms with Crippen molar-refractivity contribution >= 4 is 11.8 Å². The van der Waals surface area contributed by atoms with Crippen LogP contribution in [0.2, 0.25) is 0 Å². The third-order valence-corrected chi connectivity index (χ3v) is 6.19. The number of piperidine rings is 1. The number of carbonyl (C=O) groups excluding carboxylic acids is 2. The van der Waals surface area contributed by atoms with Gasteiger partial charge in [0.25, 0.3) is 0 Å². The Morgan fingerprint density at radius 1 is 1.19 bits per heavy atom. The molecule has 2 fully saturated rings. The number of hydrogen-bond donors (Lipinski definition) is 0. The number of carbonyl (C=O) groups is 2. The molecule has 0 N–H and O–H groups in total. The molecule has 1 atom stereocenters. The van der Waals surface area contributed by atoms with Crippen LogP contribution in [0.5, 0.6) is 5.75 Å². The molecule has 2 amide bonds. The molecule has 1 unspecified atom stereocenters. The van der Waals surface area contributed by atoms with E-state index in [-0.39, 0.29) is 24.4 Å². The van der Waals surface area contributed by atoms with Crippen LogP contribution in [0.1, 0.15) is 68.2 Å². The van der Waals surface area contributed by atoms with Crippen molar-refractivity contribution < 1.29 is 18.7 Å². The summed E-state index contributed by atoms with van der Waals surface area (Å²) in [6, 6.07) is 7.71. The Morgan fingerprint density at radius 3 is 2.94 bits per heavy atom. The van der Waals surface area contributed by atoms with Crippen molar-refractivity contribution in [2.45, 2.75) is 57.4 Å². The third-order valence-electron chi connectivity index (χ3n) is 6.19. The lowest BCUT2D eigenvalue weighted by atomic mass is 10.0. The number of aromatic nitrogens is 1. The van der Waals surface area contributed by atoms with E-state index in [0.717, 1.165) is 55.6 Å². The summed E-state index contributed by atoms with van der Waals surface area (Å²) in [6.45, 7) is 1.51. The Balaban J connectivity index is 1.44. The molecule has 7 heteroatoms. The standard InChI is InChI=1S/C24H31N3O4/c1-30-19-9-7-8-18(14-19)15-20-16-25-24(31-20)21-10-4-6-13-27(21)23(29)17-26-12-5-2-3-11-22(26)28/h7-9,14,16,21H,2-6,10-13,15,17H2,1H3. The van der Waals surface area contributed by atoms with Gasteiger partial charge in [0.05, 0.1) is 19.9 Å². The number of likely N-dealkylation sites (tertiary alicyclic amines) is 2. The lowest BCUT2D eigenvalue weighted by Crippen LogP contribution is -2.46. The van der Waals surface area contributed by atoms with Gasteiger partial charge in [-0.3, -0.25) is 9.59 Å². The van der Waals surface area contributed by atoms with E-state index in [1.165, 1.54) is 0 Å². The van der Waals surface area contributed by atoms with E-state index in [2.05, 4.69) is 4.98 Å². The first-order valence-corrected chi connectivity index (χ1v) is 11.3. The van der Waals surface area contributed by atoms with Crippen LogP contribution < -0.4 is 4.74 Å². The number of ether oxygens (including phenoxy) is 1. The zero-order valence-electron chi connectivity index (χ0n) is 18.2. The number of methoxy groups -OCH3 is 1. The Hall–Kier alpha value is -2.83. The average Bonchev–Trinajstić information content (AvgIpc) is 3.16. The van der Waals surface area contributed by atoms with E-state index in [9.17, 15) is 9.59 Å². The van der Waals surface area contributed by atoms with Gasteiger partial charge in [-0.05, 0) is 49.8 Å². The van der Waals surface area contributed by atoms with Gasteiger partial charge >= 0.3 is 0 Å². The summed E-state index contributed by atoms with van der Waals surface area (Å²) < 4.78 is 11.4. The van der Waals surface area contributed by atoms with Crippen molar-refractivity contribution in [3.8, 4) is 5.75 Å². The summed E-state index contributed by atoms with van der Waals surface area (Å²) in [4.78, 5) is 33.6. The second kappa shape index (κ2) is 9.98. The molecule has 0 bridgehead atoms. The van der Waals surface area contributed by atoms with Gasteiger partial charge in [0.15, 0.2) is 0 Å². The Bertz CT molecular complexity index is 910. The molecule has 2 aromatic rings. The summed E-state index contributed by atoms with van der Waals surface area (Å²) >= 11 is 0. The minimum Gasteiger partial charge on any atom is -0.497 e. The van der Waals surface area contributed by atoms with E-state index in [1.807, 2.05) is 29.2 Å². The Labute approximate surface area is 183 Å². The molecule has 0 radical (unpaired) electrons. The van der Waals surface area contributed by atoms with Gasteiger partial charge in [-0.15, -0.1) is 0 Å². The summed E-state index contributed by atoms with van der Waals surface area (Å²) in [5, 5.41) is 0. The van der Waals surface area contributed by atoms with Crippen molar-refractivity contribution in [1.82, 2.24) is 14.8 Å². The van der Waals surface area contributed by atoms with E-state index >= 15 is 0 Å². The molecule has 1 aromatic heterocycles. The molecule has 2 aliphatic rings. The number of nitrogens with zero attached hydrogens (tertiary/aromatic N) is 3. The summed E-state index contributed by atoms with van der Waals surface area (Å²) in [5.74, 6) is 2.25. The predicted octanol–water partition coefficient (Wildman–Crippen LogP) is 3.73. The van der Waals surface area contributed by atoms with Crippen LogP contribution in [0.4, 0.5) is 0 Å². The molecule has 0 saturated carbocycles. The first kappa shape index (κ1) is 21.4. The van der Waals surface area contributed by atoms with Crippen LogP contribution in [0.3, 0.4) is 0 Å². The molecule has 7 nitrogen and oxygen atoms in total. The quantitative estimate of drug-likeness (QED) is 0.705. The van der Waals surface area contributed by atoms with Gasteiger partial charge in [0, 0.05) is 25.9 Å². The lowest BCUT2D eigenvalue weighted by molar-refractivity contribution is -0.143. The first-order chi connectivity index (χ1) is 15.1. The number of oxazole rings is 1. The highest BCUT2D eigenvalue weighted by Gasteiger charge is 2.33. The zero-order valence-corrected chi connectivity index (χ0v) is 18.2. The molecule has 0 aliphatic carbocycles. The van der Waals surface area contributed by atoms with Gasteiger partial charge < -0.3 is 19.0 Å². The van der Waals surface area contributed by atoms with Gasteiger partial charge in [0.2, 0.25) is 17.7 Å². The normalized spacial score (nSPS) is 19.9. The molecule has 1 aromatic carbocycles. The van der Waals surface area contributed by atoms with Crippen LogP contribution in [0.15, 0.2) is 34.9 Å². The lowest BCUT2D eigenvalue weighted by Gasteiger charge is -2.35. The number of amides is 2. The maximum absolute atomic E-state index is 13.1. The van der Waals surface area contributed by atoms with Crippen LogP contribution in [-0.2, 0) is 16.0 Å². The molecule has 166 valence electrons. The topological polar surface area (TPSA) is 75.9 Å². The minimum atomic E-state index is -0.164. The molecule has 2 aliphatic heterocycles. The minimum absolute atomic E-state index is 0.00695. The fraction of sp³-hybridized carbons (Fsp3) is 0.542. The Morgan fingerprint density at radius 2 is 2.06 bits per heavy atom. The van der Waals surface area contributed by atoms with Crippen molar-refractivity contribution in [3.63, 3.8) is 0 Å². The fourth-order valence-electron chi connectivity index (χ4n) is 4.49. The molecule has 2 saturated heterocycles. The molecule has 31 heavy (non-hydrogen) atoms. The molecule has 0 spiro atoms. The first-order valence-electron chi connectivity index (χ1n) is 11.3. The van der Waals surface area contributed by atoms with E-state index in [1.54, 1.807) is 18.2 Å². The highest BCUT2D eigenvalue weighted by atomic mass is 16.5. The second-order valence-electron chi connectivity index (χ2n) is 8.42. The van der Waals surface area contributed by atoms with Gasteiger partial charge in [0.1, 0.15) is 17.6 Å². The van der Waals surface area contributed by atoms with Crippen LogP contribution in [0.25, 0.3) is 0 Å². The third kappa shape index (κ3) is 5.27. The number of benzene rings is 1. The average molecular weight is 426 g/mol. The maximum Gasteiger partial charge on any atom is 0.242 e. The monoisotopic (exact) mass is 425 g/mol. The van der Waals surface area contributed by atoms with E-state index in [0.29, 0.717) is 31.8 Å². The summed E-state index contributed by atoms with van der Waals surface area (Å²) in [7, 11) is 1.65. The number of hydrogen-bond acceptors (Lipinski definition) is 5. The van der Waals surface area contributed by atoms with Crippen molar-refractivity contribution in [2.75, 3.05) is 26.7 Å². The molecule has 4 rings (SSSR count). The van der Waals surface area contributed by atoms with Gasteiger partial charge in [-0.25, -0.2) is 4.98 Å².